The van der Waals surface area contributed by atoms with E-state index in [1.165, 1.54) is 14.0 Å². The first kappa shape index (κ1) is 50.1. The quantitative estimate of drug-likeness (QED) is 0.269. The maximum Gasteiger partial charge on any atom is 0.338 e. The lowest BCUT2D eigenvalue weighted by Gasteiger charge is -2.50. The van der Waals surface area contributed by atoms with Crippen molar-refractivity contribution in [3.05, 3.63) is 35.9 Å². The molecule has 0 amide bonds. The molecule has 1 aromatic rings. The maximum atomic E-state index is 14.5. The van der Waals surface area contributed by atoms with Crippen LogP contribution in [0.2, 0.25) is 0 Å². The fraction of sp³-hybridized carbons (Fsp3) is 0.804. The standard InChI is InChI=1S/C46H76N2O12/c1-16-34-46(11,53)38(49)28(5)36(47-12)25(2)23-44(9,52)39(60-43-27(4)33(48(13)14)22-26(3)55-43)29(6)37(30(7)41(50)57-34)58-35-24-45(10,54-15)40(31(8)56-35)59-42(51)32-20-18-17-19-21-32/h17-21,25-31,33-35,37-40,43,49,52-53H,16,22-24H2,1-15H3/b47-36-/t25-,26-,27-,28+,29+,30-,31+,33+,34-,35+,37+,38-,39-,40+,43+,44-,45-,46-/m1/s1. The molecule has 0 radical (unpaired) electrons. The fourth-order valence-electron chi connectivity index (χ4n) is 10.1. The summed E-state index contributed by atoms with van der Waals surface area (Å²) in [5, 5.41) is 36.5. The van der Waals surface area contributed by atoms with Crippen LogP contribution < -0.4 is 0 Å². The Morgan fingerprint density at radius 2 is 1.55 bits per heavy atom. The van der Waals surface area contributed by atoms with Crippen molar-refractivity contribution in [2.24, 2.45) is 34.6 Å². The number of methoxy groups -OCH3 is 1. The summed E-state index contributed by atoms with van der Waals surface area (Å²) in [5.74, 6) is -4.05. The molecule has 14 nitrogen and oxygen atoms in total. The second-order valence-corrected chi connectivity index (χ2v) is 18.8. The summed E-state index contributed by atoms with van der Waals surface area (Å²) in [6.45, 7) is 19.9. The lowest BCUT2D eigenvalue weighted by Crippen LogP contribution is -2.61. The molecule has 18 atom stereocenters. The van der Waals surface area contributed by atoms with Crippen LogP contribution >= 0.6 is 0 Å². The SMILES string of the molecule is CC[C@H]1OC(=O)[C@H](C)[C@@H](O[C@H]2C[C@@](C)(OC)[C@@H](OC(=O)c3ccccc3)[C@H](C)O2)[C@H](C)[C@@H](O[C@@H]2O[C@H](C)C[C@H](N(C)C)[C@H]2C)[C@](C)(O)C[C@@H](C)/C(=N/C)[C@H](C)[C@@H](O)[C@]1(C)O. The molecule has 3 fully saturated rings. The van der Waals surface area contributed by atoms with E-state index in [1.807, 2.05) is 47.9 Å². The average molecular weight is 849 g/mol. The minimum atomic E-state index is -1.86. The number of carbonyl (C=O) groups is 2. The average Bonchev–Trinajstić information content (AvgIpc) is 3.19. The Kier molecular flexibility index (Phi) is 17.0. The molecule has 0 spiro atoms. The third-order valence-electron chi connectivity index (χ3n) is 13.7. The number of esters is 2. The van der Waals surface area contributed by atoms with Gasteiger partial charge in [0.2, 0.25) is 0 Å². The predicted octanol–water partition coefficient (Wildman–Crippen LogP) is 5.43. The lowest BCUT2D eigenvalue weighted by molar-refractivity contribution is -0.312. The summed E-state index contributed by atoms with van der Waals surface area (Å²) in [4.78, 5) is 34.5. The Labute approximate surface area is 358 Å². The second kappa shape index (κ2) is 20.3. The topological polar surface area (TPSA) is 175 Å². The molecule has 3 heterocycles. The minimum Gasteiger partial charge on any atom is -0.459 e. The second-order valence-electron chi connectivity index (χ2n) is 18.8. The van der Waals surface area contributed by atoms with E-state index < -0.39 is 95.7 Å². The van der Waals surface area contributed by atoms with Crippen LogP contribution in [-0.4, -0.2) is 144 Å². The number of aliphatic hydroxyl groups excluding tert-OH is 1. The van der Waals surface area contributed by atoms with Crippen LogP contribution in [0.5, 0.6) is 0 Å². The lowest BCUT2D eigenvalue weighted by atomic mass is 9.73. The van der Waals surface area contributed by atoms with E-state index in [1.54, 1.807) is 65.9 Å². The highest BCUT2D eigenvalue weighted by Gasteiger charge is 2.54. The number of hydrogen-bond donors (Lipinski definition) is 3. The van der Waals surface area contributed by atoms with Crippen LogP contribution in [0.3, 0.4) is 0 Å². The first-order valence-electron chi connectivity index (χ1n) is 21.8. The molecule has 3 aliphatic rings. The van der Waals surface area contributed by atoms with Crippen LogP contribution in [0.15, 0.2) is 35.3 Å². The van der Waals surface area contributed by atoms with Gasteiger partial charge in [0.1, 0.15) is 17.3 Å². The number of rotatable bonds is 9. The summed E-state index contributed by atoms with van der Waals surface area (Å²) >= 11 is 0. The van der Waals surface area contributed by atoms with Crippen LogP contribution in [0.1, 0.15) is 112 Å². The van der Waals surface area contributed by atoms with Crippen molar-refractivity contribution in [1.82, 2.24) is 4.90 Å². The van der Waals surface area contributed by atoms with Crippen molar-refractivity contribution in [2.75, 3.05) is 28.3 Å². The van der Waals surface area contributed by atoms with Crippen LogP contribution in [0.25, 0.3) is 0 Å². The van der Waals surface area contributed by atoms with Gasteiger partial charge >= 0.3 is 11.9 Å². The molecule has 0 saturated carbocycles. The summed E-state index contributed by atoms with van der Waals surface area (Å²) in [6.07, 6.45) is -6.53. The van der Waals surface area contributed by atoms with Crippen molar-refractivity contribution in [1.29, 1.82) is 0 Å². The zero-order valence-electron chi connectivity index (χ0n) is 38.8. The molecule has 3 aliphatic heterocycles. The fourth-order valence-corrected chi connectivity index (χ4v) is 10.1. The van der Waals surface area contributed by atoms with Crippen LogP contribution in [0.4, 0.5) is 0 Å². The van der Waals surface area contributed by atoms with E-state index in [4.69, 9.17) is 33.2 Å². The van der Waals surface area contributed by atoms with E-state index in [2.05, 4.69) is 16.8 Å². The van der Waals surface area contributed by atoms with Gasteiger partial charge in [0.15, 0.2) is 18.7 Å². The molecule has 3 N–H and O–H groups in total. The van der Waals surface area contributed by atoms with Gasteiger partial charge in [-0.2, -0.15) is 0 Å². The molecule has 0 unspecified atom stereocenters. The number of carbonyl (C=O) groups excluding carboxylic acids is 2. The highest BCUT2D eigenvalue weighted by atomic mass is 16.7. The van der Waals surface area contributed by atoms with Gasteiger partial charge in [0, 0.05) is 50.1 Å². The van der Waals surface area contributed by atoms with E-state index in [-0.39, 0.29) is 43.2 Å². The van der Waals surface area contributed by atoms with Crippen LogP contribution in [-0.2, 0) is 38.0 Å². The molecule has 0 aromatic heterocycles. The van der Waals surface area contributed by atoms with Crippen molar-refractivity contribution in [2.45, 2.75) is 180 Å². The van der Waals surface area contributed by atoms with Crippen LogP contribution in [0, 0.1) is 29.6 Å². The molecule has 342 valence electrons. The number of nitrogens with zero attached hydrogens (tertiary/aromatic N) is 2. The molecule has 60 heavy (non-hydrogen) atoms. The first-order valence-corrected chi connectivity index (χ1v) is 21.8. The number of aliphatic hydroxyl groups is 3. The highest BCUT2D eigenvalue weighted by Crippen LogP contribution is 2.42. The van der Waals surface area contributed by atoms with Gasteiger partial charge in [-0.3, -0.25) is 9.79 Å². The Morgan fingerprint density at radius 3 is 2.12 bits per heavy atom. The predicted molar refractivity (Wildman–Crippen MR) is 227 cm³/mol. The largest absolute Gasteiger partial charge is 0.459 e. The summed E-state index contributed by atoms with van der Waals surface area (Å²) < 4.78 is 45.1. The smallest absolute Gasteiger partial charge is 0.338 e. The molecule has 14 heteroatoms. The van der Waals surface area contributed by atoms with Gasteiger partial charge in [0.25, 0.3) is 0 Å². The Balaban J connectivity index is 1.81. The van der Waals surface area contributed by atoms with E-state index >= 15 is 0 Å². The molecule has 0 bridgehead atoms. The Hall–Kier alpha value is -2.53. The monoisotopic (exact) mass is 849 g/mol. The highest BCUT2D eigenvalue weighted by molar-refractivity contribution is 5.90. The van der Waals surface area contributed by atoms with E-state index in [9.17, 15) is 24.9 Å². The molecule has 1 aromatic carbocycles. The number of hydrogen-bond acceptors (Lipinski definition) is 14. The van der Waals surface area contributed by atoms with E-state index in [0.29, 0.717) is 11.3 Å². The molecule has 3 saturated heterocycles. The van der Waals surface area contributed by atoms with Gasteiger partial charge in [-0.15, -0.1) is 0 Å². The minimum absolute atomic E-state index is 0.0950. The molecule has 4 rings (SSSR count). The summed E-state index contributed by atoms with van der Waals surface area (Å²) in [6, 6.07) is 8.82. The van der Waals surface area contributed by atoms with Crippen molar-refractivity contribution < 1.29 is 58.1 Å². The molecule has 0 aliphatic carbocycles. The van der Waals surface area contributed by atoms with Crippen molar-refractivity contribution in [3.63, 3.8) is 0 Å². The van der Waals surface area contributed by atoms with Crippen molar-refractivity contribution >= 4 is 17.7 Å². The summed E-state index contributed by atoms with van der Waals surface area (Å²) in [5.41, 5.74) is -3.54. The third kappa shape index (κ3) is 11.0. The summed E-state index contributed by atoms with van der Waals surface area (Å²) in [7, 11) is 7.24. The van der Waals surface area contributed by atoms with Crippen molar-refractivity contribution in [3.8, 4) is 0 Å². The Morgan fingerprint density at radius 1 is 0.917 bits per heavy atom. The maximum absolute atomic E-state index is 14.5. The molecular formula is C46H76N2O12. The number of aliphatic imine (C=N–C) groups is 1. The van der Waals surface area contributed by atoms with Gasteiger partial charge in [0.05, 0.1) is 47.6 Å². The number of cyclic esters (lactones) is 1. The van der Waals surface area contributed by atoms with Gasteiger partial charge in [-0.05, 0) is 93.0 Å². The number of benzene rings is 1. The first-order chi connectivity index (χ1) is 27.9. The van der Waals surface area contributed by atoms with Gasteiger partial charge < -0.3 is 53.4 Å². The van der Waals surface area contributed by atoms with E-state index in [0.717, 1.165) is 6.42 Å². The Bertz CT molecular complexity index is 1590. The van der Waals surface area contributed by atoms with Gasteiger partial charge in [-0.25, -0.2) is 4.79 Å². The number of ether oxygens (including phenoxy) is 7. The zero-order chi connectivity index (χ0) is 45.1. The normalized spacial score (nSPS) is 44.5. The molecular weight excluding hydrogens is 773 g/mol. The van der Waals surface area contributed by atoms with Gasteiger partial charge in [-0.1, -0.05) is 52.8 Å². The zero-order valence-corrected chi connectivity index (χ0v) is 38.8. The third-order valence-corrected chi connectivity index (χ3v) is 13.7.